The number of benzene rings is 3. The summed E-state index contributed by atoms with van der Waals surface area (Å²) in [5.74, 6) is 0.933. The lowest BCUT2D eigenvalue weighted by Gasteiger charge is -2.11. The topological polar surface area (TPSA) is 12.5 Å². The highest BCUT2D eigenvalue weighted by Crippen LogP contribution is 2.21. The number of allylic oxidation sites excluding steroid dienone is 2. The number of nitrogens with zero attached hydrogens (tertiary/aromatic N) is 1. The first kappa shape index (κ1) is 19.9. The molecule has 0 bridgehead atoms. The zero-order chi connectivity index (χ0) is 19.6. The van der Waals surface area contributed by atoms with E-state index in [9.17, 15) is 0 Å². The van der Waals surface area contributed by atoms with Gasteiger partial charge in [-0.2, -0.15) is 0 Å². The zero-order valence-electron chi connectivity index (χ0n) is 16.8. The van der Waals surface area contributed by atoms with E-state index in [-0.39, 0.29) is 0 Å². The Hall–Kier alpha value is -2.84. The molecule has 0 aromatic heterocycles. The minimum atomic E-state index is 0.710. The van der Waals surface area contributed by atoms with Gasteiger partial charge in [0.1, 0.15) is 12.4 Å². The van der Waals surface area contributed by atoms with Crippen LogP contribution >= 0.6 is 0 Å². The van der Waals surface area contributed by atoms with Gasteiger partial charge in [-0.3, -0.25) is 0 Å². The lowest BCUT2D eigenvalue weighted by molar-refractivity contribution is 0.261. The van der Waals surface area contributed by atoms with Gasteiger partial charge in [-0.25, -0.2) is 0 Å². The highest BCUT2D eigenvalue weighted by atomic mass is 16.5. The lowest BCUT2D eigenvalue weighted by Crippen LogP contribution is -2.19. The molecule has 0 aliphatic carbocycles. The average Bonchev–Trinajstić information content (AvgIpc) is 2.73. The van der Waals surface area contributed by atoms with E-state index in [1.165, 1.54) is 22.3 Å². The van der Waals surface area contributed by atoms with Crippen LogP contribution in [0, 0.1) is 0 Å². The van der Waals surface area contributed by atoms with Gasteiger partial charge in [0.25, 0.3) is 0 Å². The predicted octanol–water partition coefficient (Wildman–Crippen LogP) is 5.50. The van der Waals surface area contributed by atoms with E-state index >= 15 is 0 Å². The van der Waals surface area contributed by atoms with Crippen molar-refractivity contribution in [1.29, 1.82) is 0 Å². The van der Waals surface area contributed by atoms with Crippen molar-refractivity contribution < 1.29 is 4.74 Å². The molecule has 144 valence electrons. The lowest BCUT2D eigenvalue weighted by atomic mass is 9.96. The first-order chi connectivity index (χ1) is 13.7. The van der Waals surface area contributed by atoms with Crippen LogP contribution in [0.3, 0.4) is 0 Å². The van der Waals surface area contributed by atoms with E-state index in [2.05, 4.69) is 110 Å². The maximum absolute atomic E-state index is 5.79. The summed E-state index contributed by atoms with van der Waals surface area (Å²) < 4.78 is 5.79. The highest BCUT2D eigenvalue weighted by Gasteiger charge is 2.04. The van der Waals surface area contributed by atoms with Gasteiger partial charge < -0.3 is 9.64 Å². The molecule has 0 heterocycles. The van der Waals surface area contributed by atoms with Crippen molar-refractivity contribution in [1.82, 2.24) is 4.90 Å². The Balaban J connectivity index is 1.69. The van der Waals surface area contributed by atoms with Gasteiger partial charge in [-0.15, -0.1) is 0 Å². The third-order valence-corrected chi connectivity index (χ3v) is 4.70. The van der Waals surface area contributed by atoms with Gasteiger partial charge in [0, 0.05) is 6.54 Å². The first-order valence-corrected chi connectivity index (χ1v) is 9.85. The second kappa shape index (κ2) is 10.5. The molecule has 0 N–H and O–H groups in total. The Morgan fingerprint density at radius 1 is 0.786 bits per heavy atom. The molecule has 28 heavy (non-hydrogen) atoms. The molecule has 2 heteroatoms. The summed E-state index contributed by atoms with van der Waals surface area (Å²) in [5, 5.41) is 0. The molecular weight excluding hydrogens is 342 g/mol. The summed E-state index contributed by atoms with van der Waals surface area (Å²) in [6.45, 7) is 1.63. The largest absolute Gasteiger partial charge is 0.492 e. The minimum absolute atomic E-state index is 0.710. The van der Waals surface area contributed by atoms with E-state index in [0.29, 0.717) is 6.61 Å². The van der Waals surface area contributed by atoms with Gasteiger partial charge >= 0.3 is 0 Å². The summed E-state index contributed by atoms with van der Waals surface area (Å²) in [4.78, 5) is 2.12. The minimum Gasteiger partial charge on any atom is -0.492 e. The molecule has 0 unspecified atom stereocenters. The van der Waals surface area contributed by atoms with E-state index in [0.717, 1.165) is 25.1 Å². The Morgan fingerprint density at radius 2 is 1.43 bits per heavy atom. The Kier molecular flexibility index (Phi) is 7.45. The van der Waals surface area contributed by atoms with Gasteiger partial charge in [0.05, 0.1) is 0 Å². The number of hydrogen-bond acceptors (Lipinski definition) is 2. The maximum atomic E-state index is 5.79. The molecule has 0 radical (unpaired) electrons. The van der Waals surface area contributed by atoms with E-state index in [4.69, 9.17) is 4.74 Å². The molecule has 2 nitrogen and oxygen atoms in total. The second-order valence-electron chi connectivity index (χ2n) is 7.26. The molecule has 0 amide bonds. The van der Waals surface area contributed by atoms with Crippen molar-refractivity contribution in [3.63, 3.8) is 0 Å². The zero-order valence-corrected chi connectivity index (χ0v) is 16.8. The summed E-state index contributed by atoms with van der Waals surface area (Å²) in [6, 6.07) is 29.8. The molecule has 0 aliphatic rings. The van der Waals surface area contributed by atoms with Crippen LogP contribution in [0.25, 0.3) is 5.57 Å². The van der Waals surface area contributed by atoms with E-state index in [1.807, 2.05) is 0 Å². The normalized spacial score (nSPS) is 11.6. The van der Waals surface area contributed by atoms with Crippen molar-refractivity contribution in [2.75, 3.05) is 27.2 Å². The molecule has 3 aromatic carbocycles. The summed E-state index contributed by atoms with van der Waals surface area (Å²) >= 11 is 0. The fourth-order valence-corrected chi connectivity index (χ4v) is 3.07. The van der Waals surface area contributed by atoms with Crippen LogP contribution in [0.4, 0.5) is 0 Å². The number of hydrogen-bond donors (Lipinski definition) is 0. The Morgan fingerprint density at radius 3 is 2.07 bits per heavy atom. The van der Waals surface area contributed by atoms with Crippen molar-refractivity contribution in [3.05, 3.63) is 108 Å². The monoisotopic (exact) mass is 371 g/mol. The smallest absolute Gasteiger partial charge is 0.119 e. The second-order valence-corrected chi connectivity index (χ2v) is 7.26. The maximum Gasteiger partial charge on any atom is 0.119 e. The molecule has 3 aromatic rings. The third-order valence-electron chi connectivity index (χ3n) is 4.70. The standard InChI is InChI=1S/C26H29NO/c1-27(2)19-20-28-26-17-14-22(15-18-26)13-16-25(24-11-7-4-8-12-24)21-23-9-5-3-6-10-23/h3-12,14-18H,13,19-21H2,1-2H3/b25-16+. The van der Waals surface area contributed by atoms with Gasteiger partial charge in [0.2, 0.25) is 0 Å². The highest BCUT2D eigenvalue weighted by molar-refractivity contribution is 5.68. The van der Waals surface area contributed by atoms with Gasteiger partial charge in [-0.05, 0) is 61.3 Å². The SMILES string of the molecule is CN(C)CCOc1ccc(C/C=C(\Cc2ccccc2)c2ccccc2)cc1. The van der Waals surface area contributed by atoms with Crippen LogP contribution in [0.5, 0.6) is 5.75 Å². The Labute approximate surface area is 169 Å². The van der Waals surface area contributed by atoms with Crippen LogP contribution in [-0.4, -0.2) is 32.1 Å². The molecule has 0 spiro atoms. The average molecular weight is 372 g/mol. The van der Waals surface area contributed by atoms with Crippen molar-refractivity contribution in [2.24, 2.45) is 0 Å². The van der Waals surface area contributed by atoms with Crippen LogP contribution < -0.4 is 4.74 Å². The van der Waals surface area contributed by atoms with Crippen molar-refractivity contribution in [2.45, 2.75) is 12.8 Å². The first-order valence-electron chi connectivity index (χ1n) is 9.85. The van der Waals surface area contributed by atoms with Gasteiger partial charge in [0.15, 0.2) is 0 Å². The summed E-state index contributed by atoms with van der Waals surface area (Å²) in [6.07, 6.45) is 4.20. The molecular formula is C26H29NO. The third kappa shape index (κ3) is 6.40. The molecule has 0 fully saturated rings. The van der Waals surface area contributed by atoms with Crippen LogP contribution in [0.15, 0.2) is 91.0 Å². The summed E-state index contributed by atoms with van der Waals surface area (Å²) in [7, 11) is 4.11. The summed E-state index contributed by atoms with van der Waals surface area (Å²) in [5.41, 5.74) is 5.27. The van der Waals surface area contributed by atoms with Crippen LogP contribution in [0.2, 0.25) is 0 Å². The molecule has 0 saturated heterocycles. The van der Waals surface area contributed by atoms with E-state index in [1.54, 1.807) is 0 Å². The van der Waals surface area contributed by atoms with Crippen LogP contribution in [-0.2, 0) is 12.8 Å². The predicted molar refractivity (Wildman–Crippen MR) is 119 cm³/mol. The van der Waals surface area contributed by atoms with Crippen molar-refractivity contribution >= 4 is 5.57 Å². The van der Waals surface area contributed by atoms with E-state index < -0.39 is 0 Å². The molecule has 3 rings (SSSR count). The number of rotatable bonds is 9. The number of ether oxygens (including phenoxy) is 1. The molecule has 0 aliphatic heterocycles. The fraction of sp³-hybridized carbons (Fsp3) is 0.231. The van der Waals surface area contributed by atoms with Gasteiger partial charge in [-0.1, -0.05) is 78.9 Å². The molecule has 0 atom stereocenters. The molecule has 0 saturated carbocycles. The fourth-order valence-electron chi connectivity index (χ4n) is 3.07. The quantitative estimate of drug-likeness (QED) is 0.493. The Bertz CT molecular complexity index is 852. The van der Waals surface area contributed by atoms with Crippen molar-refractivity contribution in [3.8, 4) is 5.75 Å². The van der Waals surface area contributed by atoms with Crippen LogP contribution in [0.1, 0.15) is 16.7 Å². The number of likely N-dealkylation sites (N-methyl/N-ethyl adjacent to an activating group) is 1.